The van der Waals surface area contributed by atoms with E-state index >= 15 is 0 Å². The van der Waals surface area contributed by atoms with Crippen molar-refractivity contribution in [1.82, 2.24) is 10.3 Å². The minimum absolute atomic E-state index is 0.380. The Balaban J connectivity index is 2.47. The molecule has 1 heterocycles. The van der Waals surface area contributed by atoms with Crippen molar-refractivity contribution in [3.05, 3.63) is 23.9 Å². The van der Waals surface area contributed by atoms with Gasteiger partial charge in [-0.05, 0) is 18.9 Å². The number of nitrogens with zero attached hydrogens (tertiary/aromatic N) is 1. The Morgan fingerprint density at radius 2 is 2.19 bits per heavy atom. The normalized spacial score (nSPS) is 14.5. The largest absolute Gasteiger partial charge is 0.481 e. The summed E-state index contributed by atoms with van der Waals surface area (Å²) < 4.78 is 5.07. The van der Waals surface area contributed by atoms with Crippen LogP contribution in [0.5, 0.6) is 5.88 Å². The molecule has 1 rings (SSSR count). The van der Waals surface area contributed by atoms with Crippen LogP contribution in [0.25, 0.3) is 0 Å². The Morgan fingerprint density at radius 1 is 1.44 bits per heavy atom. The van der Waals surface area contributed by atoms with Gasteiger partial charge in [0, 0.05) is 24.5 Å². The summed E-state index contributed by atoms with van der Waals surface area (Å²) in [5, 5.41) is 3.40. The van der Waals surface area contributed by atoms with Crippen LogP contribution in [0.2, 0.25) is 0 Å². The summed E-state index contributed by atoms with van der Waals surface area (Å²) in [5.41, 5.74) is 0.980. The quantitative estimate of drug-likeness (QED) is 0.779. The first-order valence-electron chi connectivity index (χ1n) is 5.46. The summed E-state index contributed by atoms with van der Waals surface area (Å²) in [6.07, 6.45) is 0. The summed E-state index contributed by atoms with van der Waals surface area (Å²) in [6, 6.07) is 6.14. The van der Waals surface area contributed by atoms with Crippen molar-refractivity contribution < 1.29 is 4.74 Å². The van der Waals surface area contributed by atoms with E-state index in [4.69, 9.17) is 16.3 Å². The second kappa shape index (κ2) is 6.71. The van der Waals surface area contributed by atoms with E-state index in [0.717, 1.165) is 12.2 Å². The van der Waals surface area contributed by atoms with Crippen molar-refractivity contribution >= 4 is 11.6 Å². The van der Waals surface area contributed by atoms with E-state index in [-0.39, 0.29) is 0 Å². The molecule has 0 aliphatic heterocycles. The smallest absolute Gasteiger partial charge is 0.213 e. The van der Waals surface area contributed by atoms with Gasteiger partial charge in [-0.2, -0.15) is 0 Å². The van der Waals surface area contributed by atoms with Crippen LogP contribution >= 0.6 is 11.6 Å². The lowest BCUT2D eigenvalue weighted by Gasteiger charge is -2.18. The van der Waals surface area contributed by atoms with Crippen LogP contribution in [0.3, 0.4) is 0 Å². The van der Waals surface area contributed by atoms with Crippen LogP contribution in [0, 0.1) is 5.92 Å². The Hall–Kier alpha value is -0.800. The highest BCUT2D eigenvalue weighted by molar-refractivity contribution is 6.18. The van der Waals surface area contributed by atoms with Crippen molar-refractivity contribution in [2.75, 3.05) is 13.0 Å². The summed E-state index contributed by atoms with van der Waals surface area (Å²) in [5.74, 6) is 1.77. The third-order valence-electron chi connectivity index (χ3n) is 2.69. The number of methoxy groups -OCH3 is 1. The molecule has 2 atom stereocenters. The summed E-state index contributed by atoms with van der Waals surface area (Å²) in [6.45, 7) is 5.00. The number of nitrogens with one attached hydrogen (secondary N) is 1. The number of pyridine rings is 1. The van der Waals surface area contributed by atoms with Crippen LogP contribution in [0.1, 0.15) is 19.5 Å². The van der Waals surface area contributed by atoms with Crippen molar-refractivity contribution in [3.8, 4) is 5.88 Å². The fraction of sp³-hybridized carbons (Fsp3) is 0.583. The molecule has 0 spiro atoms. The van der Waals surface area contributed by atoms with Gasteiger partial charge in [-0.25, -0.2) is 4.98 Å². The van der Waals surface area contributed by atoms with E-state index in [1.165, 1.54) is 0 Å². The lowest BCUT2D eigenvalue weighted by atomic mass is 10.1. The molecule has 0 saturated heterocycles. The highest BCUT2D eigenvalue weighted by Gasteiger charge is 2.10. The molecule has 1 aromatic rings. The molecule has 0 fully saturated rings. The third-order valence-corrected chi connectivity index (χ3v) is 3.18. The van der Waals surface area contributed by atoms with Gasteiger partial charge in [0.2, 0.25) is 5.88 Å². The van der Waals surface area contributed by atoms with Crippen molar-refractivity contribution in [1.29, 1.82) is 0 Å². The van der Waals surface area contributed by atoms with Crippen molar-refractivity contribution in [2.45, 2.75) is 26.4 Å². The molecule has 16 heavy (non-hydrogen) atoms. The van der Waals surface area contributed by atoms with Crippen LogP contribution in [0.4, 0.5) is 0 Å². The number of aromatic nitrogens is 1. The molecule has 90 valence electrons. The van der Waals surface area contributed by atoms with Gasteiger partial charge in [0.1, 0.15) is 0 Å². The molecule has 0 saturated carbocycles. The number of hydrogen-bond acceptors (Lipinski definition) is 3. The molecule has 0 aliphatic carbocycles. The van der Waals surface area contributed by atoms with Crippen LogP contribution in [-0.4, -0.2) is 24.0 Å². The minimum atomic E-state index is 0.380. The van der Waals surface area contributed by atoms with Crippen LogP contribution in [-0.2, 0) is 6.54 Å². The lowest BCUT2D eigenvalue weighted by molar-refractivity contribution is 0.392. The highest BCUT2D eigenvalue weighted by Crippen LogP contribution is 2.08. The number of hydrogen-bond donors (Lipinski definition) is 1. The first-order chi connectivity index (χ1) is 7.67. The molecule has 2 unspecified atom stereocenters. The van der Waals surface area contributed by atoms with Gasteiger partial charge in [0.25, 0.3) is 0 Å². The van der Waals surface area contributed by atoms with E-state index in [9.17, 15) is 0 Å². The standard InChI is InChI=1S/C12H19ClN2O/c1-9(7-13)10(2)14-8-11-5-4-6-12(15-11)16-3/h4-6,9-10,14H,7-8H2,1-3H3. The molecule has 0 radical (unpaired) electrons. The average molecular weight is 243 g/mol. The van der Waals surface area contributed by atoms with E-state index in [0.29, 0.717) is 23.7 Å². The zero-order valence-corrected chi connectivity index (χ0v) is 10.8. The van der Waals surface area contributed by atoms with Gasteiger partial charge in [-0.3, -0.25) is 0 Å². The van der Waals surface area contributed by atoms with Crippen LogP contribution in [0.15, 0.2) is 18.2 Å². The number of rotatable bonds is 6. The summed E-state index contributed by atoms with van der Waals surface area (Å²) >= 11 is 5.80. The Morgan fingerprint density at radius 3 is 2.81 bits per heavy atom. The highest BCUT2D eigenvalue weighted by atomic mass is 35.5. The topological polar surface area (TPSA) is 34.1 Å². The molecule has 4 heteroatoms. The number of alkyl halides is 1. The van der Waals surface area contributed by atoms with Crippen LogP contribution < -0.4 is 10.1 Å². The predicted octanol–water partition coefficient (Wildman–Crippen LogP) is 2.44. The fourth-order valence-corrected chi connectivity index (χ4v) is 1.54. The second-order valence-corrected chi connectivity index (χ2v) is 4.28. The number of ether oxygens (including phenoxy) is 1. The molecule has 0 bridgehead atoms. The Labute approximate surface area is 102 Å². The molecule has 0 aromatic carbocycles. The van der Waals surface area contributed by atoms with Gasteiger partial charge in [-0.15, -0.1) is 11.6 Å². The molecule has 0 aliphatic rings. The minimum Gasteiger partial charge on any atom is -0.481 e. The fourth-order valence-electron chi connectivity index (χ4n) is 1.27. The molecule has 1 N–H and O–H groups in total. The average Bonchev–Trinajstić information content (AvgIpc) is 2.35. The molecule has 3 nitrogen and oxygen atoms in total. The summed E-state index contributed by atoms with van der Waals surface area (Å²) in [7, 11) is 1.62. The maximum Gasteiger partial charge on any atom is 0.213 e. The Kier molecular flexibility index (Phi) is 5.56. The Bertz CT molecular complexity index is 320. The molecular weight excluding hydrogens is 224 g/mol. The number of halogens is 1. The maximum absolute atomic E-state index is 5.80. The predicted molar refractivity (Wildman–Crippen MR) is 67.0 cm³/mol. The van der Waals surface area contributed by atoms with Gasteiger partial charge in [0.05, 0.1) is 12.8 Å². The molecule has 1 aromatic heterocycles. The zero-order chi connectivity index (χ0) is 12.0. The van der Waals surface area contributed by atoms with Gasteiger partial charge < -0.3 is 10.1 Å². The zero-order valence-electron chi connectivity index (χ0n) is 10.0. The van der Waals surface area contributed by atoms with Crippen molar-refractivity contribution in [2.24, 2.45) is 5.92 Å². The first-order valence-corrected chi connectivity index (χ1v) is 6.00. The van der Waals surface area contributed by atoms with Gasteiger partial charge >= 0.3 is 0 Å². The SMILES string of the molecule is COc1cccc(CNC(C)C(C)CCl)n1. The first kappa shape index (κ1) is 13.3. The van der Waals surface area contributed by atoms with E-state index < -0.39 is 0 Å². The van der Waals surface area contributed by atoms with Gasteiger partial charge in [0.15, 0.2) is 0 Å². The summed E-state index contributed by atoms with van der Waals surface area (Å²) in [4.78, 5) is 4.33. The van der Waals surface area contributed by atoms with E-state index in [2.05, 4.69) is 24.1 Å². The third kappa shape index (κ3) is 3.99. The monoisotopic (exact) mass is 242 g/mol. The molecular formula is C12H19ClN2O. The second-order valence-electron chi connectivity index (χ2n) is 3.97. The van der Waals surface area contributed by atoms with E-state index in [1.54, 1.807) is 7.11 Å². The maximum atomic E-state index is 5.80. The lowest BCUT2D eigenvalue weighted by Crippen LogP contribution is -2.32. The van der Waals surface area contributed by atoms with Gasteiger partial charge in [-0.1, -0.05) is 13.0 Å². The van der Waals surface area contributed by atoms with Crippen molar-refractivity contribution in [3.63, 3.8) is 0 Å². The van der Waals surface area contributed by atoms with E-state index in [1.807, 2.05) is 18.2 Å². The molecule has 0 amide bonds.